The van der Waals surface area contributed by atoms with E-state index in [1.54, 1.807) is 12.1 Å². The van der Waals surface area contributed by atoms with Gasteiger partial charge in [0, 0.05) is 12.2 Å². The van der Waals surface area contributed by atoms with Gasteiger partial charge in [0.15, 0.2) is 5.65 Å². The van der Waals surface area contributed by atoms with Crippen LogP contribution in [0.1, 0.15) is 12.0 Å². The van der Waals surface area contributed by atoms with Crippen molar-refractivity contribution in [1.82, 2.24) is 25.3 Å². The summed E-state index contributed by atoms with van der Waals surface area (Å²) in [6.07, 6.45) is 2.00. The number of amides is 1. The minimum Gasteiger partial charge on any atom is -0.359 e. The largest absolute Gasteiger partial charge is 0.359 e. The van der Waals surface area contributed by atoms with Crippen molar-refractivity contribution in [3.05, 3.63) is 42.0 Å². The fraction of sp³-hybridized carbons (Fsp3) is 0.267. The maximum absolute atomic E-state index is 12.5. The Morgan fingerprint density at radius 1 is 1.22 bits per heavy atom. The summed E-state index contributed by atoms with van der Waals surface area (Å²) in [7, 11) is 0. The molecule has 1 N–H and O–H groups in total. The van der Waals surface area contributed by atoms with Crippen molar-refractivity contribution in [3.8, 4) is 0 Å². The third-order valence-corrected chi connectivity index (χ3v) is 3.90. The molecule has 1 aromatic carbocycles. The maximum atomic E-state index is 12.5. The lowest BCUT2D eigenvalue weighted by atomic mass is 10.0. The van der Waals surface area contributed by atoms with Crippen LogP contribution in [0.25, 0.3) is 5.65 Å². The average molecular weight is 309 g/mol. The number of hydrogen-bond acceptors (Lipinski definition) is 6. The van der Waals surface area contributed by atoms with Crippen LogP contribution in [0.15, 0.2) is 36.4 Å². The van der Waals surface area contributed by atoms with Crippen molar-refractivity contribution >= 4 is 23.1 Å². The van der Waals surface area contributed by atoms with Gasteiger partial charge in [-0.1, -0.05) is 18.2 Å². The summed E-state index contributed by atoms with van der Waals surface area (Å²) in [5, 5.41) is 18.3. The predicted molar refractivity (Wildman–Crippen MR) is 84.2 cm³/mol. The van der Waals surface area contributed by atoms with Crippen molar-refractivity contribution in [2.45, 2.75) is 12.8 Å². The first-order valence-corrected chi connectivity index (χ1v) is 7.49. The fourth-order valence-electron chi connectivity index (χ4n) is 2.80. The number of rotatable bonds is 3. The molecule has 1 aliphatic heterocycles. The maximum Gasteiger partial charge on any atom is 0.246 e. The number of benzene rings is 1. The molecular weight excluding hydrogens is 294 g/mol. The SMILES string of the molecule is O=C(CNc1ccc2nnnn2n1)N1CCCc2ccccc21. The summed E-state index contributed by atoms with van der Waals surface area (Å²) in [6.45, 7) is 0.923. The van der Waals surface area contributed by atoms with E-state index in [1.165, 1.54) is 10.2 Å². The van der Waals surface area contributed by atoms with E-state index < -0.39 is 0 Å². The summed E-state index contributed by atoms with van der Waals surface area (Å²) in [5.41, 5.74) is 2.79. The number of carbonyl (C=O) groups is 1. The topological polar surface area (TPSA) is 88.3 Å². The number of fused-ring (bicyclic) bond motifs is 2. The standard InChI is InChI=1S/C15H15N7O/c23-15(21-9-3-5-11-4-1-2-6-12(11)21)10-16-13-7-8-14-17-19-20-22(14)18-13/h1-2,4,6-8H,3,5,9-10H2,(H,16,18). The highest BCUT2D eigenvalue weighted by molar-refractivity contribution is 5.97. The summed E-state index contributed by atoms with van der Waals surface area (Å²) in [4.78, 5) is 14.4. The van der Waals surface area contributed by atoms with Gasteiger partial charge in [-0.05, 0) is 47.0 Å². The monoisotopic (exact) mass is 309 g/mol. The molecule has 0 saturated carbocycles. The molecule has 3 heterocycles. The van der Waals surface area contributed by atoms with Gasteiger partial charge in [-0.15, -0.1) is 14.8 Å². The Bertz CT molecular complexity index is 860. The van der Waals surface area contributed by atoms with Crippen LogP contribution in [0.4, 0.5) is 11.5 Å². The molecule has 0 saturated heterocycles. The van der Waals surface area contributed by atoms with Gasteiger partial charge in [0.05, 0.1) is 6.54 Å². The molecule has 2 aromatic heterocycles. The first kappa shape index (κ1) is 13.6. The lowest BCUT2D eigenvalue weighted by molar-refractivity contribution is -0.117. The van der Waals surface area contributed by atoms with E-state index in [0.29, 0.717) is 11.5 Å². The Morgan fingerprint density at radius 2 is 2.13 bits per heavy atom. The van der Waals surface area contributed by atoms with E-state index in [0.717, 1.165) is 25.1 Å². The second-order valence-electron chi connectivity index (χ2n) is 5.38. The minimum absolute atomic E-state index is 0.0239. The summed E-state index contributed by atoms with van der Waals surface area (Å²) >= 11 is 0. The van der Waals surface area contributed by atoms with Gasteiger partial charge in [-0.3, -0.25) is 4.79 Å². The summed E-state index contributed by atoms with van der Waals surface area (Å²) < 4.78 is 1.32. The van der Waals surface area contributed by atoms with E-state index >= 15 is 0 Å². The highest BCUT2D eigenvalue weighted by Gasteiger charge is 2.21. The van der Waals surface area contributed by atoms with Gasteiger partial charge in [0.2, 0.25) is 5.91 Å². The highest BCUT2D eigenvalue weighted by atomic mass is 16.2. The number of aryl methyl sites for hydroxylation is 1. The molecule has 0 atom stereocenters. The van der Waals surface area contributed by atoms with Gasteiger partial charge in [-0.25, -0.2) is 0 Å². The Hall–Kier alpha value is -3.03. The van der Waals surface area contributed by atoms with Crippen LogP contribution in [-0.4, -0.2) is 44.3 Å². The number of anilines is 2. The second-order valence-corrected chi connectivity index (χ2v) is 5.38. The third kappa shape index (κ3) is 2.59. The van der Waals surface area contributed by atoms with Crippen molar-refractivity contribution in [1.29, 1.82) is 0 Å². The van der Waals surface area contributed by atoms with Crippen LogP contribution >= 0.6 is 0 Å². The zero-order valence-corrected chi connectivity index (χ0v) is 12.4. The first-order valence-electron chi connectivity index (χ1n) is 7.49. The van der Waals surface area contributed by atoms with Crippen molar-refractivity contribution < 1.29 is 4.79 Å². The van der Waals surface area contributed by atoms with Crippen LogP contribution < -0.4 is 10.2 Å². The van der Waals surface area contributed by atoms with E-state index in [2.05, 4.69) is 32.0 Å². The molecule has 8 heteroatoms. The number of carbonyl (C=O) groups excluding carboxylic acids is 1. The molecular formula is C15H15N7O. The highest BCUT2D eigenvalue weighted by Crippen LogP contribution is 2.26. The van der Waals surface area contributed by atoms with Crippen molar-refractivity contribution in [3.63, 3.8) is 0 Å². The molecule has 1 amide bonds. The lowest BCUT2D eigenvalue weighted by Crippen LogP contribution is -2.39. The van der Waals surface area contributed by atoms with Crippen LogP contribution in [-0.2, 0) is 11.2 Å². The molecule has 8 nitrogen and oxygen atoms in total. The molecule has 0 aliphatic carbocycles. The lowest BCUT2D eigenvalue weighted by Gasteiger charge is -2.29. The van der Waals surface area contributed by atoms with Crippen LogP contribution in [0.5, 0.6) is 0 Å². The number of nitrogens with zero attached hydrogens (tertiary/aromatic N) is 6. The number of tetrazole rings is 1. The van der Waals surface area contributed by atoms with Gasteiger partial charge in [0.1, 0.15) is 5.82 Å². The predicted octanol–water partition coefficient (Wildman–Crippen LogP) is 0.911. The third-order valence-electron chi connectivity index (χ3n) is 3.90. The summed E-state index contributed by atoms with van der Waals surface area (Å²) in [5.74, 6) is 0.583. The summed E-state index contributed by atoms with van der Waals surface area (Å²) in [6, 6.07) is 11.5. The van der Waals surface area contributed by atoms with E-state index in [9.17, 15) is 4.79 Å². The normalized spacial score (nSPS) is 13.8. The van der Waals surface area contributed by atoms with Gasteiger partial charge >= 0.3 is 0 Å². The van der Waals surface area contributed by atoms with Crippen molar-refractivity contribution in [2.75, 3.05) is 23.3 Å². The molecule has 0 radical (unpaired) electrons. The van der Waals surface area contributed by atoms with Crippen molar-refractivity contribution in [2.24, 2.45) is 0 Å². The van der Waals surface area contributed by atoms with Gasteiger partial charge < -0.3 is 10.2 Å². The van der Waals surface area contributed by atoms with E-state index in [4.69, 9.17) is 0 Å². The molecule has 116 valence electrons. The fourth-order valence-corrected chi connectivity index (χ4v) is 2.80. The van der Waals surface area contributed by atoms with Gasteiger partial charge in [0.25, 0.3) is 0 Å². The molecule has 0 bridgehead atoms. The van der Waals surface area contributed by atoms with E-state index in [1.807, 2.05) is 23.1 Å². The Morgan fingerprint density at radius 3 is 3.09 bits per heavy atom. The van der Waals surface area contributed by atoms with Crippen LogP contribution in [0, 0.1) is 0 Å². The quantitative estimate of drug-likeness (QED) is 0.773. The number of para-hydroxylation sites is 1. The number of nitrogens with one attached hydrogen (secondary N) is 1. The smallest absolute Gasteiger partial charge is 0.246 e. The molecule has 0 fully saturated rings. The molecule has 3 aromatic rings. The Kier molecular flexibility index (Phi) is 3.34. The zero-order chi connectivity index (χ0) is 15.6. The molecule has 4 rings (SSSR count). The number of aromatic nitrogens is 5. The minimum atomic E-state index is 0.0239. The average Bonchev–Trinajstić information content (AvgIpc) is 3.07. The Labute approximate surface area is 132 Å². The van der Waals surface area contributed by atoms with E-state index in [-0.39, 0.29) is 12.5 Å². The number of hydrogen-bond donors (Lipinski definition) is 1. The molecule has 1 aliphatic rings. The second kappa shape index (κ2) is 5.64. The molecule has 0 unspecified atom stereocenters. The first-order chi connectivity index (χ1) is 11.3. The van der Waals surface area contributed by atoms with Crippen LogP contribution in [0.3, 0.4) is 0 Å². The molecule has 23 heavy (non-hydrogen) atoms. The Balaban J connectivity index is 1.48. The van der Waals surface area contributed by atoms with Gasteiger partial charge in [-0.2, -0.15) is 0 Å². The van der Waals surface area contributed by atoms with Crippen LogP contribution in [0.2, 0.25) is 0 Å². The molecule has 0 spiro atoms. The zero-order valence-electron chi connectivity index (χ0n) is 12.4.